The molecule has 0 aliphatic rings. The molecule has 1 nitrogen and oxygen atoms in total. The van der Waals surface area contributed by atoms with Gasteiger partial charge in [-0.15, -0.1) is 0 Å². The van der Waals surface area contributed by atoms with Gasteiger partial charge in [-0.3, -0.25) is 0 Å². The molecule has 0 saturated carbocycles. The summed E-state index contributed by atoms with van der Waals surface area (Å²) in [6, 6.07) is 12.7. The molecule has 0 aliphatic carbocycles. The van der Waals surface area contributed by atoms with Gasteiger partial charge in [0.1, 0.15) is 0 Å². The minimum absolute atomic E-state index is 0.0815. The Kier molecular flexibility index (Phi) is 3.57. The predicted octanol–water partition coefficient (Wildman–Crippen LogP) is 4.18. The van der Waals surface area contributed by atoms with Crippen LogP contribution in [-0.2, 0) is 0 Å². The summed E-state index contributed by atoms with van der Waals surface area (Å²) in [4.78, 5) is 0. The first-order valence-corrected chi connectivity index (χ1v) is 5.77. The molecule has 1 atom stereocenters. The van der Waals surface area contributed by atoms with Crippen LogP contribution in [0.2, 0.25) is 0 Å². The van der Waals surface area contributed by atoms with Crippen molar-refractivity contribution >= 4 is 10.8 Å². The molecule has 0 aromatic heterocycles. The zero-order valence-electron chi connectivity index (χ0n) is 9.74. The van der Waals surface area contributed by atoms with Crippen LogP contribution in [0.4, 0.5) is 13.2 Å². The van der Waals surface area contributed by atoms with Crippen molar-refractivity contribution in [2.75, 3.05) is 0 Å². The Morgan fingerprint density at radius 2 is 1.67 bits per heavy atom. The molecule has 0 aliphatic heterocycles. The minimum Gasteiger partial charge on any atom is -0.324 e. The van der Waals surface area contributed by atoms with Crippen molar-refractivity contribution in [3.63, 3.8) is 0 Å². The molecule has 2 aromatic carbocycles. The fourth-order valence-electron chi connectivity index (χ4n) is 1.92. The summed E-state index contributed by atoms with van der Waals surface area (Å²) in [6.45, 7) is 0. The zero-order valence-corrected chi connectivity index (χ0v) is 9.74. The molecule has 0 spiro atoms. The highest BCUT2D eigenvalue weighted by atomic mass is 19.4. The summed E-state index contributed by atoms with van der Waals surface area (Å²) in [5, 5.41) is 2.06. The standard InChI is InChI=1S/C14H14F3N/c15-14(16,17)8-7-13(18)12-6-5-10-3-1-2-4-11(10)9-12/h1-6,9,13H,7-8,18H2. The van der Waals surface area contributed by atoms with Gasteiger partial charge in [-0.05, 0) is 28.8 Å². The lowest BCUT2D eigenvalue weighted by atomic mass is 9.99. The van der Waals surface area contributed by atoms with Crippen molar-refractivity contribution in [3.05, 3.63) is 48.0 Å². The molecule has 4 heteroatoms. The van der Waals surface area contributed by atoms with Gasteiger partial charge in [0.15, 0.2) is 0 Å². The number of fused-ring (bicyclic) bond motifs is 1. The number of halogens is 3. The summed E-state index contributed by atoms with van der Waals surface area (Å²) in [5.74, 6) is 0. The summed E-state index contributed by atoms with van der Waals surface area (Å²) < 4.78 is 36.4. The Bertz CT molecular complexity index is 534. The van der Waals surface area contributed by atoms with Crippen molar-refractivity contribution in [3.8, 4) is 0 Å². The topological polar surface area (TPSA) is 26.0 Å². The van der Waals surface area contributed by atoms with E-state index in [0.717, 1.165) is 16.3 Å². The van der Waals surface area contributed by atoms with Crippen LogP contribution in [0.15, 0.2) is 42.5 Å². The number of benzene rings is 2. The van der Waals surface area contributed by atoms with Crippen molar-refractivity contribution in [1.29, 1.82) is 0 Å². The van der Waals surface area contributed by atoms with Crippen LogP contribution in [0.1, 0.15) is 24.4 Å². The van der Waals surface area contributed by atoms with Crippen molar-refractivity contribution < 1.29 is 13.2 Å². The minimum atomic E-state index is -4.14. The summed E-state index contributed by atoms with van der Waals surface area (Å²) in [6.07, 6.45) is -5.07. The number of rotatable bonds is 3. The highest BCUT2D eigenvalue weighted by Crippen LogP contribution is 2.27. The molecule has 18 heavy (non-hydrogen) atoms. The average Bonchev–Trinajstić information content (AvgIpc) is 2.34. The van der Waals surface area contributed by atoms with Crippen molar-refractivity contribution in [2.24, 2.45) is 5.73 Å². The molecule has 0 amide bonds. The van der Waals surface area contributed by atoms with Gasteiger partial charge in [0.05, 0.1) is 0 Å². The first kappa shape index (κ1) is 12.9. The molecule has 0 radical (unpaired) electrons. The Labute approximate surface area is 103 Å². The van der Waals surface area contributed by atoms with E-state index in [2.05, 4.69) is 0 Å². The second-order valence-electron chi connectivity index (χ2n) is 4.37. The van der Waals surface area contributed by atoms with Crippen LogP contribution in [0.25, 0.3) is 10.8 Å². The maximum atomic E-state index is 12.1. The van der Waals surface area contributed by atoms with E-state index in [-0.39, 0.29) is 6.42 Å². The largest absolute Gasteiger partial charge is 0.389 e. The van der Waals surface area contributed by atoms with E-state index in [0.29, 0.717) is 0 Å². The third-order valence-corrected chi connectivity index (χ3v) is 2.94. The van der Waals surface area contributed by atoms with Crippen molar-refractivity contribution in [2.45, 2.75) is 25.1 Å². The fourth-order valence-corrected chi connectivity index (χ4v) is 1.92. The Morgan fingerprint density at radius 1 is 1.00 bits per heavy atom. The Balaban J connectivity index is 2.15. The van der Waals surface area contributed by atoms with E-state index < -0.39 is 18.6 Å². The quantitative estimate of drug-likeness (QED) is 0.872. The molecule has 0 bridgehead atoms. The van der Waals surface area contributed by atoms with E-state index in [1.54, 1.807) is 6.07 Å². The van der Waals surface area contributed by atoms with Crippen LogP contribution < -0.4 is 5.73 Å². The number of hydrogen-bond donors (Lipinski definition) is 1. The lowest BCUT2D eigenvalue weighted by Gasteiger charge is -2.14. The van der Waals surface area contributed by atoms with Gasteiger partial charge in [-0.1, -0.05) is 36.4 Å². The molecule has 1 unspecified atom stereocenters. The van der Waals surface area contributed by atoms with Gasteiger partial charge in [0, 0.05) is 12.5 Å². The van der Waals surface area contributed by atoms with E-state index in [9.17, 15) is 13.2 Å². The monoisotopic (exact) mass is 253 g/mol. The molecule has 2 N–H and O–H groups in total. The average molecular weight is 253 g/mol. The summed E-state index contributed by atoms with van der Waals surface area (Å²) >= 11 is 0. The van der Waals surface area contributed by atoms with Crippen molar-refractivity contribution in [1.82, 2.24) is 0 Å². The van der Waals surface area contributed by atoms with Crippen LogP contribution in [0.3, 0.4) is 0 Å². The fraction of sp³-hybridized carbons (Fsp3) is 0.286. The molecule has 96 valence electrons. The Morgan fingerprint density at radius 3 is 2.33 bits per heavy atom. The lowest BCUT2D eigenvalue weighted by molar-refractivity contribution is -0.136. The second-order valence-corrected chi connectivity index (χ2v) is 4.37. The maximum absolute atomic E-state index is 12.1. The summed E-state index contributed by atoms with van der Waals surface area (Å²) in [5.41, 5.74) is 6.54. The number of nitrogens with two attached hydrogens (primary N) is 1. The van der Waals surface area contributed by atoms with Crippen LogP contribution >= 0.6 is 0 Å². The SMILES string of the molecule is NC(CCC(F)(F)F)c1ccc2ccccc2c1. The van der Waals surface area contributed by atoms with Gasteiger partial charge >= 0.3 is 6.18 Å². The van der Waals surface area contributed by atoms with E-state index in [4.69, 9.17) is 5.73 Å². The summed E-state index contributed by atoms with van der Waals surface area (Å²) in [7, 11) is 0. The Hall–Kier alpha value is -1.55. The highest BCUT2D eigenvalue weighted by Gasteiger charge is 2.27. The number of hydrogen-bond acceptors (Lipinski definition) is 1. The second kappa shape index (κ2) is 4.98. The third kappa shape index (κ3) is 3.23. The number of alkyl halides is 3. The molecule has 2 aromatic rings. The smallest absolute Gasteiger partial charge is 0.324 e. The van der Waals surface area contributed by atoms with E-state index in [1.807, 2.05) is 36.4 Å². The predicted molar refractivity (Wildman–Crippen MR) is 66.2 cm³/mol. The van der Waals surface area contributed by atoms with Crippen LogP contribution in [0.5, 0.6) is 0 Å². The normalized spacial score (nSPS) is 13.8. The molecule has 0 saturated heterocycles. The highest BCUT2D eigenvalue weighted by molar-refractivity contribution is 5.83. The molecule has 0 heterocycles. The molecule has 0 fully saturated rings. The maximum Gasteiger partial charge on any atom is 0.389 e. The van der Waals surface area contributed by atoms with Gasteiger partial charge in [-0.2, -0.15) is 13.2 Å². The molecular weight excluding hydrogens is 239 g/mol. The zero-order chi connectivity index (χ0) is 13.2. The molecule has 2 rings (SSSR count). The van der Waals surface area contributed by atoms with E-state index in [1.165, 1.54) is 0 Å². The van der Waals surface area contributed by atoms with Gasteiger partial charge in [-0.25, -0.2) is 0 Å². The van der Waals surface area contributed by atoms with Gasteiger partial charge < -0.3 is 5.73 Å². The lowest BCUT2D eigenvalue weighted by Crippen LogP contribution is -2.15. The first-order chi connectivity index (χ1) is 8.46. The van der Waals surface area contributed by atoms with Crippen LogP contribution in [-0.4, -0.2) is 6.18 Å². The van der Waals surface area contributed by atoms with Gasteiger partial charge in [0.2, 0.25) is 0 Å². The first-order valence-electron chi connectivity index (χ1n) is 5.77. The molecular formula is C14H14F3N. The van der Waals surface area contributed by atoms with E-state index >= 15 is 0 Å². The van der Waals surface area contributed by atoms with Crippen LogP contribution in [0, 0.1) is 0 Å². The van der Waals surface area contributed by atoms with Gasteiger partial charge in [0.25, 0.3) is 0 Å². The third-order valence-electron chi connectivity index (χ3n) is 2.94.